The van der Waals surface area contributed by atoms with Gasteiger partial charge in [0.25, 0.3) is 11.8 Å². The molecule has 314 valence electrons. The van der Waals surface area contributed by atoms with E-state index in [4.69, 9.17) is 14.3 Å². The molecule has 0 fully saturated rings. The first-order valence-electron chi connectivity index (χ1n) is 19.3. The summed E-state index contributed by atoms with van der Waals surface area (Å²) in [6.07, 6.45) is 4.27. The zero-order valence-electron chi connectivity index (χ0n) is 33.8. The first-order chi connectivity index (χ1) is 29.3. The number of aromatic amines is 2. The van der Waals surface area contributed by atoms with Crippen LogP contribution in [0.2, 0.25) is 0 Å². The lowest BCUT2D eigenvalue weighted by atomic mass is 10.1. The van der Waals surface area contributed by atoms with Crippen LogP contribution in [0.5, 0.6) is 17.2 Å². The Hall–Kier alpha value is -7.39. The minimum Gasteiger partial charge on any atom is -0.490 e. The number of halogens is 3. The van der Waals surface area contributed by atoms with Crippen LogP contribution in [-0.4, -0.2) is 67.7 Å². The summed E-state index contributed by atoms with van der Waals surface area (Å²) >= 11 is 0. The molecule has 2 amide bonds. The summed E-state index contributed by atoms with van der Waals surface area (Å²) in [5.74, 6) is 1.47. The van der Waals surface area contributed by atoms with E-state index in [1.807, 2.05) is 80.7 Å². The van der Waals surface area contributed by atoms with Gasteiger partial charge in [-0.2, -0.15) is 13.2 Å². The summed E-state index contributed by atoms with van der Waals surface area (Å²) in [6.45, 7) is 3.47. The summed E-state index contributed by atoms with van der Waals surface area (Å²) in [7, 11) is 5.21. The molecule has 1 aliphatic rings. The summed E-state index contributed by atoms with van der Waals surface area (Å²) in [5, 5.41) is 10.3. The Labute approximate surface area is 350 Å². The lowest BCUT2D eigenvalue weighted by Crippen LogP contribution is -2.24. The number of benzene rings is 4. The molecule has 0 spiro atoms. The van der Waals surface area contributed by atoms with Crippen LogP contribution in [0.15, 0.2) is 134 Å². The second kappa shape index (κ2) is 18.3. The molecule has 0 saturated heterocycles. The van der Waals surface area contributed by atoms with Crippen LogP contribution >= 0.6 is 0 Å². The fourth-order valence-electron chi connectivity index (χ4n) is 6.45. The topological polar surface area (TPSA) is 136 Å². The molecule has 0 aliphatic carbocycles. The highest BCUT2D eigenvalue weighted by Gasteiger charge is 2.31. The van der Waals surface area contributed by atoms with Gasteiger partial charge in [-0.3, -0.25) is 9.59 Å². The van der Waals surface area contributed by atoms with Crippen molar-refractivity contribution in [2.75, 3.05) is 56.4 Å². The molecule has 0 radical (unpaired) electrons. The predicted molar refractivity (Wildman–Crippen MR) is 230 cm³/mol. The molecule has 5 N–H and O–H groups in total. The quantitative estimate of drug-likeness (QED) is 0.0647. The monoisotopic (exact) mass is 831 g/mol. The van der Waals surface area contributed by atoms with Gasteiger partial charge in [0.1, 0.15) is 35.3 Å². The van der Waals surface area contributed by atoms with Crippen LogP contribution in [0, 0.1) is 6.92 Å². The molecule has 61 heavy (non-hydrogen) atoms. The van der Waals surface area contributed by atoms with Crippen LogP contribution in [0.3, 0.4) is 0 Å². The molecule has 4 aromatic carbocycles. The van der Waals surface area contributed by atoms with Crippen molar-refractivity contribution in [3.63, 3.8) is 0 Å². The molecule has 12 nitrogen and oxygen atoms in total. The van der Waals surface area contributed by atoms with Crippen LogP contribution in [-0.2, 0) is 6.18 Å². The van der Waals surface area contributed by atoms with Gasteiger partial charge < -0.3 is 45.1 Å². The van der Waals surface area contributed by atoms with Crippen molar-refractivity contribution in [1.82, 2.24) is 20.3 Å². The molecule has 2 aromatic heterocycles. The molecule has 3 heterocycles. The lowest BCUT2D eigenvalue weighted by Gasteiger charge is -2.22. The lowest BCUT2D eigenvalue weighted by molar-refractivity contribution is -0.137. The highest BCUT2D eigenvalue weighted by atomic mass is 19.4. The number of rotatable bonds is 15. The maximum absolute atomic E-state index is 13.4. The largest absolute Gasteiger partial charge is 0.490 e. The number of H-pyrrole nitrogens is 2. The van der Waals surface area contributed by atoms with Gasteiger partial charge in [-0.05, 0) is 110 Å². The second-order valence-corrected chi connectivity index (χ2v) is 14.4. The number of hydroxylamine groups is 2. The van der Waals surface area contributed by atoms with E-state index < -0.39 is 17.6 Å². The van der Waals surface area contributed by atoms with Crippen LogP contribution in [0.25, 0.3) is 22.3 Å². The van der Waals surface area contributed by atoms with E-state index in [0.717, 1.165) is 34.4 Å². The van der Waals surface area contributed by atoms with E-state index in [2.05, 4.69) is 25.9 Å². The first kappa shape index (κ1) is 41.8. The number of allylic oxidation sites excluding steroid dienone is 1. The third-order valence-corrected chi connectivity index (χ3v) is 9.57. The molecule has 7 rings (SSSR count). The Morgan fingerprint density at radius 3 is 2.07 bits per heavy atom. The minimum absolute atomic E-state index is 0.0380. The summed E-state index contributed by atoms with van der Waals surface area (Å²) < 4.78 is 52.3. The third kappa shape index (κ3) is 10.4. The molecule has 0 atom stereocenters. The van der Waals surface area contributed by atoms with E-state index in [0.29, 0.717) is 65.3 Å². The molecular formula is C46H44F3N7O5. The molecule has 1 aliphatic heterocycles. The number of nitrogens with zero attached hydrogens (tertiary/aromatic N) is 2. The van der Waals surface area contributed by atoms with Gasteiger partial charge in [0.05, 0.1) is 29.2 Å². The predicted octanol–water partition coefficient (Wildman–Crippen LogP) is 9.26. The highest BCUT2D eigenvalue weighted by Crippen LogP contribution is 2.36. The van der Waals surface area contributed by atoms with E-state index in [-0.39, 0.29) is 17.3 Å². The van der Waals surface area contributed by atoms with Crippen LogP contribution in [0.1, 0.15) is 32.1 Å². The number of likely N-dealkylation sites (N-methyl/N-ethyl adjacent to an activating group) is 1. The zero-order valence-corrected chi connectivity index (χ0v) is 33.8. The SMILES string of the molecule is CNCCOc1ccc(C)cc1NC(=O)c1cc(-c2cccc(OC3=CCN(Oc4cccc(-c5c[nH]c(C(=O)Nc6cc(C(F)(F)F)ccc6N(C)C)c5)c4)C=C3)c2)c[nH]1. The number of ether oxygens (including phenoxy) is 2. The Morgan fingerprint density at radius 1 is 0.787 bits per heavy atom. The Kier molecular flexibility index (Phi) is 12.5. The third-order valence-electron chi connectivity index (χ3n) is 9.57. The van der Waals surface area contributed by atoms with Crippen molar-refractivity contribution in [2.45, 2.75) is 13.1 Å². The number of aromatic nitrogens is 2. The average Bonchev–Trinajstić information content (AvgIpc) is 3.94. The Balaban J connectivity index is 0.941. The van der Waals surface area contributed by atoms with Crippen molar-refractivity contribution >= 4 is 28.9 Å². The van der Waals surface area contributed by atoms with Gasteiger partial charge in [-0.1, -0.05) is 30.3 Å². The molecular weight excluding hydrogens is 788 g/mol. The van der Waals surface area contributed by atoms with E-state index >= 15 is 0 Å². The summed E-state index contributed by atoms with van der Waals surface area (Å²) in [5.41, 5.74) is 4.86. The molecule has 0 bridgehead atoms. The number of amides is 2. The second-order valence-electron chi connectivity index (χ2n) is 14.4. The van der Waals surface area contributed by atoms with E-state index in [9.17, 15) is 22.8 Å². The van der Waals surface area contributed by atoms with Crippen LogP contribution in [0.4, 0.5) is 30.2 Å². The number of hydrogen-bond acceptors (Lipinski definition) is 8. The van der Waals surface area contributed by atoms with Crippen molar-refractivity contribution in [1.29, 1.82) is 0 Å². The van der Waals surface area contributed by atoms with Gasteiger partial charge in [-0.15, -0.1) is 0 Å². The smallest absolute Gasteiger partial charge is 0.416 e. The molecule has 15 heteroatoms. The first-order valence-corrected chi connectivity index (χ1v) is 19.3. The van der Waals surface area contributed by atoms with Gasteiger partial charge in [0.2, 0.25) is 0 Å². The van der Waals surface area contributed by atoms with E-state index in [1.165, 1.54) is 6.07 Å². The van der Waals surface area contributed by atoms with Crippen molar-refractivity contribution in [3.05, 3.63) is 156 Å². The Morgan fingerprint density at radius 2 is 1.44 bits per heavy atom. The highest BCUT2D eigenvalue weighted by molar-refractivity contribution is 6.06. The van der Waals surface area contributed by atoms with Crippen molar-refractivity contribution < 1.29 is 37.1 Å². The number of carbonyl (C=O) groups excluding carboxylic acids is 2. The number of alkyl halides is 3. The standard InChI is InChI=1S/C46H44F3N7O5/c1-29-11-14-43(59-20-17-50-2)39(21-29)54-45(58)41-24-32(27-52-41)30-7-5-9-36(22-30)60-35-15-18-56(19-16-35)61-37-10-6-8-31(23-37)33-25-40(51-28-33)44(57)53-38-26-34(46(47,48)49)12-13-42(38)55(3)4/h5-16,18,21-28,50-52H,17,19-20H2,1-4H3,(H,53,57)(H,54,58). The number of anilines is 3. The number of carbonyl (C=O) groups is 2. The summed E-state index contributed by atoms with van der Waals surface area (Å²) in [4.78, 5) is 40.1. The maximum atomic E-state index is 13.4. The van der Waals surface area contributed by atoms with Gasteiger partial charge in [-0.25, -0.2) is 5.06 Å². The van der Waals surface area contributed by atoms with E-state index in [1.54, 1.807) is 66.9 Å². The zero-order chi connectivity index (χ0) is 43.1. The van der Waals surface area contributed by atoms with Crippen LogP contribution < -0.4 is 35.2 Å². The van der Waals surface area contributed by atoms with Gasteiger partial charge in [0, 0.05) is 50.4 Å². The van der Waals surface area contributed by atoms with Crippen molar-refractivity contribution in [3.8, 4) is 39.5 Å². The molecule has 6 aromatic rings. The average molecular weight is 832 g/mol. The fraction of sp³-hybridized carbons (Fsp3) is 0.174. The fourth-order valence-corrected chi connectivity index (χ4v) is 6.45. The number of aryl methyl sites for hydroxylation is 1. The number of nitrogens with one attached hydrogen (secondary N) is 5. The molecule has 0 unspecified atom stereocenters. The summed E-state index contributed by atoms with van der Waals surface area (Å²) in [6, 6.07) is 27.1. The molecule has 0 saturated carbocycles. The van der Waals surface area contributed by atoms with Gasteiger partial charge >= 0.3 is 6.18 Å². The normalized spacial score (nSPS) is 12.4. The Bertz CT molecular complexity index is 2590. The maximum Gasteiger partial charge on any atom is 0.416 e. The number of hydrogen-bond donors (Lipinski definition) is 5. The van der Waals surface area contributed by atoms with Gasteiger partial charge in [0.15, 0.2) is 5.75 Å². The van der Waals surface area contributed by atoms with Crippen molar-refractivity contribution in [2.24, 2.45) is 0 Å². The minimum atomic E-state index is -4.56.